The first-order chi connectivity index (χ1) is 6.56. The maximum Gasteiger partial charge on any atom is 0.262 e. The van der Waals surface area contributed by atoms with E-state index in [0.29, 0.717) is 0 Å². The second-order valence-electron chi connectivity index (χ2n) is 2.26. The fraction of sp³-hybridized carbons (Fsp3) is 0.500. The number of amides is 3. The van der Waals surface area contributed by atoms with E-state index in [1.165, 1.54) is 0 Å². The zero-order valence-electron chi connectivity index (χ0n) is 7.41. The highest BCUT2D eigenvalue weighted by Gasteiger charge is 2.03. The Balaban J connectivity index is 3.46. The minimum atomic E-state index is -0.712. The van der Waals surface area contributed by atoms with Gasteiger partial charge in [0.2, 0.25) is 11.8 Å². The number of carbonyl (C=O) groups excluding carboxylic acids is 3. The summed E-state index contributed by atoms with van der Waals surface area (Å²) < 4.78 is 0. The van der Waals surface area contributed by atoms with E-state index in [4.69, 9.17) is 11.5 Å². The topological polar surface area (TPSA) is 137 Å². The van der Waals surface area contributed by atoms with Crippen molar-refractivity contribution in [3.8, 4) is 0 Å². The second kappa shape index (κ2) is 6.80. The predicted molar refractivity (Wildman–Crippen MR) is 45.4 cm³/mol. The lowest BCUT2D eigenvalue weighted by molar-refractivity contribution is -0.138. The molecule has 0 aliphatic heterocycles. The number of hydrogen-bond donors (Lipinski definition) is 4. The Morgan fingerprint density at radius 1 is 1.21 bits per heavy atom. The largest absolute Gasteiger partial charge is 0.368 e. The molecule has 8 nitrogen and oxygen atoms in total. The Labute approximate surface area is 79.9 Å². The van der Waals surface area contributed by atoms with Crippen LogP contribution in [0, 0.1) is 0 Å². The quantitative estimate of drug-likeness (QED) is 0.334. The predicted octanol–water partition coefficient (Wildman–Crippen LogP) is -3.41. The van der Waals surface area contributed by atoms with Crippen molar-refractivity contribution >= 4 is 17.7 Å². The molecule has 0 aromatic rings. The molecule has 6 N–H and O–H groups in total. The Hall–Kier alpha value is -1.67. The van der Waals surface area contributed by atoms with Crippen LogP contribution in [0.15, 0.2) is 0 Å². The molecule has 0 saturated heterocycles. The molecular weight excluding hydrogens is 192 g/mol. The van der Waals surface area contributed by atoms with Crippen molar-refractivity contribution in [2.75, 3.05) is 19.7 Å². The van der Waals surface area contributed by atoms with E-state index in [0.717, 1.165) is 0 Å². The number of hydrogen-bond acceptors (Lipinski definition) is 5. The van der Waals surface area contributed by atoms with Crippen LogP contribution in [-0.4, -0.2) is 37.4 Å². The van der Waals surface area contributed by atoms with Gasteiger partial charge in [0.25, 0.3) is 5.91 Å². The summed E-state index contributed by atoms with van der Waals surface area (Å²) in [5.74, 6) is -1.78. The summed E-state index contributed by atoms with van der Waals surface area (Å²) in [5.41, 5.74) is 11.6. The van der Waals surface area contributed by atoms with Gasteiger partial charge in [0.1, 0.15) is 0 Å². The molecule has 0 atom stereocenters. The number of nitrogens with two attached hydrogens (primary N) is 2. The highest BCUT2D eigenvalue weighted by molar-refractivity contribution is 5.85. The molecule has 8 heteroatoms. The molecule has 0 unspecified atom stereocenters. The van der Waals surface area contributed by atoms with Gasteiger partial charge in [0, 0.05) is 0 Å². The number of hydroxylamine groups is 1. The summed E-state index contributed by atoms with van der Waals surface area (Å²) in [5, 5.41) is 2.20. The zero-order valence-corrected chi connectivity index (χ0v) is 7.41. The van der Waals surface area contributed by atoms with Gasteiger partial charge in [-0.1, -0.05) is 0 Å². The van der Waals surface area contributed by atoms with Gasteiger partial charge < -0.3 is 16.8 Å². The molecule has 0 fully saturated rings. The van der Waals surface area contributed by atoms with Gasteiger partial charge in [0.05, 0.1) is 13.1 Å². The highest BCUT2D eigenvalue weighted by Crippen LogP contribution is 1.69. The molecule has 80 valence electrons. The van der Waals surface area contributed by atoms with Gasteiger partial charge in [0.15, 0.2) is 6.61 Å². The van der Waals surface area contributed by atoms with Gasteiger partial charge >= 0.3 is 0 Å². The maximum absolute atomic E-state index is 10.8. The average Bonchev–Trinajstić information content (AvgIpc) is 2.13. The molecule has 0 saturated carbocycles. The highest BCUT2D eigenvalue weighted by atomic mass is 16.7. The van der Waals surface area contributed by atoms with Crippen LogP contribution >= 0.6 is 0 Å². The summed E-state index contributed by atoms with van der Waals surface area (Å²) in [6, 6.07) is 0. The van der Waals surface area contributed by atoms with E-state index >= 15 is 0 Å². The first kappa shape index (κ1) is 12.3. The smallest absolute Gasteiger partial charge is 0.262 e. The van der Waals surface area contributed by atoms with Crippen LogP contribution in [0.2, 0.25) is 0 Å². The van der Waals surface area contributed by atoms with Gasteiger partial charge in [-0.15, -0.1) is 0 Å². The molecule has 0 aliphatic carbocycles. The van der Waals surface area contributed by atoms with Crippen LogP contribution in [0.4, 0.5) is 0 Å². The summed E-state index contributed by atoms with van der Waals surface area (Å²) in [7, 11) is 0. The van der Waals surface area contributed by atoms with Crippen molar-refractivity contribution in [1.29, 1.82) is 0 Å². The van der Waals surface area contributed by atoms with Crippen LogP contribution in [-0.2, 0) is 19.2 Å². The minimum absolute atomic E-state index is 0.199. The van der Waals surface area contributed by atoms with E-state index in [-0.39, 0.29) is 13.1 Å². The number of primary amides is 1. The van der Waals surface area contributed by atoms with E-state index in [9.17, 15) is 14.4 Å². The van der Waals surface area contributed by atoms with E-state index in [1.807, 2.05) is 5.48 Å². The molecule has 0 aromatic heterocycles. The molecule has 0 radical (unpaired) electrons. The Morgan fingerprint density at radius 3 is 2.36 bits per heavy atom. The van der Waals surface area contributed by atoms with Crippen molar-refractivity contribution in [3.63, 3.8) is 0 Å². The van der Waals surface area contributed by atoms with Gasteiger partial charge in [-0.3, -0.25) is 19.2 Å². The fourth-order valence-electron chi connectivity index (χ4n) is 0.475. The molecule has 14 heavy (non-hydrogen) atoms. The third kappa shape index (κ3) is 7.00. The first-order valence-corrected chi connectivity index (χ1v) is 3.72. The minimum Gasteiger partial charge on any atom is -0.368 e. The molecule has 3 amide bonds. The van der Waals surface area contributed by atoms with Crippen LogP contribution in [0.25, 0.3) is 0 Å². The normalized spacial score (nSPS) is 9.21. The Bertz CT molecular complexity index is 230. The summed E-state index contributed by atoms with van der Waals surface area (Å²) in [6.45, 7) is -0.888. The Kier molecular flexibility index (Phi) is 5.99. The van der Waals surface area contributed by atoms with E-state index in [1.54, 1.807) is 0 Å². The van der Waals surface area contributed by atoms with Crippen molar-refractivity contribution in [3.05, 3.63) is 0 Å². The van der Waals surface area contributed by atoms with Gasteiger partial charge in [-0.05, 0) is 0 Å². The molecule has 0 aromatic carbocycles. The summed E-state index contributed by atoms with van der Waals surface area (Å²) in [4.78, 5) is 35.9. The monoisotopic (exact) mass is 204 g/mol. The third-order valence-corrected chi connectivity index (χ3v) is 1.03. The number of nitrogens with one attached hydrogen (secondary N) is 2. The SMILES string of the molecule is NCC(=O)NCC(=O)NOCC(N)=O. The van der Waals surface area contributed by atoms with Crippen LogP contribution in [0.5, 0.6) is 0 Å². The second-order valence-corrected chi connectivity index (χ2v) is 2.26. The number of carbonyl (C=O) groups is 3. The van der Waals surface area contributed by atoms with E-state index < -0.39 is 24.3 Å². The molecule has 0 bridgehead atoms. The Morgan fingerprint density at radius 2 is 1.86 bits per heavy atom. The van der Waals surface area contributed by atoms with Crippen molar-refractivity contribution in [1.82, 2.24) is 10.8 Å². The summed E-state index contributed by atoms with van der Waals surface area (Å²) in [6.07, 6.45) is 0. The van der Waals surface area contributed by atoms with Gasteiger partial charge in [-0.25, -0.2) is 5.48 Å². The standard InChI is InChI=1S/C6H12N4O4/c7-1-5(12)9-2-6(13)10-14-3-4(8)11/h1-3,7H2,(H2,8,11)(H,9,12)(H,10,13). The maximum atomic E-state index is 10.8. The number of rotatable bonds is 6. The lowest BCUT2D eigenvalue weighted by Crippen LogP contribution is -2.40. The average molecular weight is 204 g/mol. The van der Waals surface area contributed by atoms with Crippen LogP contribution < -0.4 is 22.3 Å². The zero-order chi connectivity index (χ0) is 11.0. The lowest BCUT2D eigenvalue weighted by atomic mass is 10.5. The molecule has 0 aliphatic rings. The molecule has 0 spiro atoms. The molecule has 0 heterocycles. The van der Waals surface area contributed by atoms with Crippen molar-refractivity contribution < 1.29 is 19.2 Å². The van der Waals surface area contributed by atoms with Gasteiger partial charge in [-0.2, -0.15) is 0 Å². The van der Waals surface area contributed by atoms with Crippen LogP contribution in [0.1, 0.15) is 0 Å². The first-order valence-electron chi connectivity index (χ1n) is 3.72. The van der Waals surface area contributed by atoms with E-state index in [2.05, 4.69) is 10.2 Å². The fourth-order valence-corrected chi connectivity index (χ4v) is 0.475. The molecular formula is C6H12N4O4. The lowest BCUT2D eigenvalue weighted by Gasteiger charge is -2.04. The van der Waals surface area contributed by atoms with Crippen LogP contribution in [0.3, 0.4) is 0 Å². The third-order valence-electron chi connectivity index (χ3n) is 1.03. The molecule has 0 rings (SSSR count). The van der Waals surface area contributed by atoms with Crippen molar-refractivity contribution in [2.24, 2.45) is 11.5 Å². The summed E-state index contributed by atoms with van der Waals surface area (Å²) >= 11 is 0. The van der Waals surface area contributed by atoms with Crippen molar-refractivity contribution in [2.45, 2.75) is 0 Å².